The molecule has 1 aromatic rings. The molecule has 1 unspecified atom stereocenters. The minimum Gasteiger partial charge on any atom is -0.456 e. The van der Waals surface area contributed by atoms with E-state index < -0.39 is 0 Å². The van der Waals surface area contributed by atoms with Crippen molar-refractivity contribution in [3.8, 4) is 0 Å². The molecular formula is C15H23NO3. The number of furan rings is 1. The maximum absolute atomic E-state index is 12.6. The van der Waals surface area contributed by atoms with Gasteiger partial charge in [-0.15, -0.1) is 0 Å². The lowest BCUT2D eigenvalue weighted by atomic mass is 9.91. The summed E-state index contributed by atoms with van der Waals surface area (Å²) in [5.41, 5.74) is -0.152. The molecule has 0 spiro atoms. The van der Waals surface area contributed by atoms with Crippen molar-refractivity contribution in [2.75, 3.05) is 20.3 Å². The van der Waals surface area contributed by atoms with Crippen molar-refractivity contribution in [2.24, 2.45) is 0 Å². The molecule has 1 atom stereocenters. The average Bonchev–Trinajstić information content (AvgIpc) is 2.97. The van der Waals surface area contributed by atoms with Gasteiger partial charge in [-0.05, 0) is 38.3 Å². The Morgan fingerprint density at radius 3 is 2.89 bits per heavy atom. The minimum atomic E-state index is -0.152. The van der Waals surface area contributed by atoms with E-state index in [1.54, 1.807) is 13.2 Å². The lowest BCUT2D eigenvalue weighted by molar-refractivity contribution is 0.0232. The van der Waals surface area contributed by atoms with Gasteiger partial charge in [0.05, 0.1) is 12.1 Å². The van der Waals surface area contributed by atoms with Gasteiger partial charge in [-0.2, -0.15) is 0 Å². The number of nitrogens with zero attached hydrogens (tertiary/aromatic N) is 1. The fourth-order valence-electron chi connectivity index (χ4n) is 3.15. The van der Waals surface area contributed by atoms with E-state index in [1.807, 2.05) is 17.9 Å². The molecule has 106 valence electrons. The summed E-state index contributed by atoms with van der Waals surface area (Å²) in [6.45, 7) is 5.40. The molecule has 1 aromatic heterocycles. The number of amides is 1. The number of hydrogen-bond acceptors (Lipinski definition) is 3. The van der Waals surface area contributed by atoms with E-state index in [2.05, 4.69) is 6.92 Å². The van der Waals surface area contributed by atoms with E-state index in [0.717, 1.165) is 38.0 Å². The van der Waals surface area contributed by atoms with Gasteiger partial charge in [0.25, 0.3) is 5.91 Å². The molecule has 0 saturated carbocycles. The highest BCUT2D eigenvalue weighted by atomic mass is 16.5. The minimum absolute atomic E-state index is 0.00361. The van der Waals surface area contributed by atoms with Crippen molar-refractivity contribution in [3.63, 3.8) is 0 Å². The molecule has 2 rings (SSSR count). The Labute approximate surface area is 114 Å². The normalized spacial score (nSPS) is 23.0. The summed E-state index contributed by atoms with van der Waals surface area (Å²) in [7, 11) is 1.70. The first-order valence-corrected chi connectivity index (χ1v) is 7.00. The molecule has 1 saturated heterocycles. The van der Waals surface area contributed by atoms with E-state index in [9.17, 15) is 4.79 Å². The lowest BCUT2D eigenvalue weighted by Crippen LogP contribution is -2.50. The molecule has 0 N–H and O–H groups in total. The summed E-state index contributed by atoms with van der Waals surface area (Å²) in [6.07, 6.45) is 4.07. The Morgan fingerprint density at radius 1 is 1.53 bits per heavy atom. The maximum atomic E-state index is 12.6. The molecule has 0 aliphatic carbocycles. The van der Waals surface area contributed by atoms with E-state index in [1.165, 1.54) is 0 Å². The summed E-state index contributed by atoms with van der Waals surface area (Å²) in [5, 5.41) is 0. The van der Waals surface area contributed by atoms with Crippen molar-refractivity contribution in [3.05, 3.63) is 23.7 Å². The molecule has 1 amide bonds. The van der Waals surface area contributed by atoms with Gasteiger partial charge in [0.1, 0.15) is 5.76 Å². The fraction of sp³-hybridized carbons (Fsp3) is 0.667. The van der Waals surface area contributed by atoms with Crippen molar-refractivity contribution in [1.29, 1.82) is 0 Å². The molecule has 0 radical (unpaired) electrons. The number of methoxy groups -OCH3 is 1. The van der Waals surface area contributed by atoms with Crippen LogP contribution in [0.1, 0.15) is 48.9 Å². The van der Waals surface area contributed by atoms with Crippen LogP contribution in [0.4, 0.5) is 0 Å². The highest BCUT2D eigenvalue weighted by Crippen LogP contribution is 2.35. The molecule has 2 heterocycles. The zero-order chi connectivity index (χ0) is 13.9. The van der Waals surface area contributed by atoms with Gasteiger partial charge in [0.15, 0.2) is 5.76 Å². The quantitative estimate of drug-likeness (QED) is 0.822. The van der Waals surface area contributed by atoms with Crippen LogP contribution in [0.2, 0.25) is 0 Å². The summed E-state index contributed by atoms with van der Waals surface area (Å²) in [6, 6.07) is 3.60. The van der Waals surface area contributed by atoms with Gasteiger partial charge in [-0.3, -0.25) is 4.79 Å². The predicted octanol–water partition coefficient (Wildman–Crippen LogP) is 3.01. The Hall–Kier alpha value is -1.29. The van der Waals surface area contributed by atoms with Crippen molar-refractivity contribution < 1.29 is 13.9 Å². The molecule has 0 bridgehead atoms. The van der Waals surface area contributed by atoms with E-state index in [0.29, 0.717) is 12.4 Å². The predicted molar refractivity (Wildman–Crippen MR) is 73.2 cm³/mol. The van der Waals surface area contributed by atoms with Crippen LogP contribution in [0.5, 0.6) is 0 Å². The van der Waals surface area contributed by atoms with Crippen LogP contribution in [0.15, 0.2) is 16.5 Å². The van der Waals surface area contributed by atoms with Crippen LogP contribution in [0, 0.1) is 6.92 Å². The van der Waals surface area contributed by atoms with Crippen LogP contribution < -0.4 is 0 Å². The number of rotatable bonds is 5. The Kier molecular flexibility index (Phi) is 4.30. The number of carbonyl (C=O) groups excluding carboxylic acids is 1. The zero-order valence-electron chi connectivity index (χ0n) is 12.1. The third-order valence-corrected chi connectivity index (χ3v) is 3.92. The van der Waals surface area contributed by atoms with Crippen molar-refractivity contribution in [2.45, 2.75) is 45.1 Å². The Morgan fingerprint density at radius 2 is 2.32 bits per heavy atom. The average molecular weight is 265 g/mol. The second-order valence-corrected chi connectivity index (χ2v) is 5.38. The van der Waals surface area contributed by atoms with Crippen LogP contribution in [0.25, 0.3) is 0 Å². The standard InChI is InChI=1S/C15H23NO3/c1-4-8-15(11-18-3)9-5-10-16(15)14(17)13-7-6-12(2)19-13/h6-7H,4-5,8-11H2,1-3H3. The first kappa shape index (κ1) is 14.1. The van der Waals surface area contributed by atoms with Gasteiger partial charge in [0, 0.05) is 13.7 Å². The Balaban J connectivity index is 2.23. The molecule has 4 nitrogen and oxygen atoms in total. The van der Waals surface area contributed by atoms with E-state index in [4.69, 9.17) is 9.15 Å². The van der Waals surface area contributed by atoms with Crippen LogP contribution in [0.3, 0.4) is 0 Å². The molecule has 1 aliphatic heterocycles. The third-order valence-electron chi connectivity index (χ3n) is 3.92. The molecule has 19 heavy (non-hydrogen) atoms. The first-order valence-electron chi connectivity index (χ1n) is 7.00. The Bertz CT molecular complexity index is 432. The number of aryl methyl sites for hydroxylation is 1. The summed E-state index contributed by atoms with van der Waals surface area (Å²) in [5.74, 6) is 1.21. The van der Waals surface area contributed by atoms with Crippen LogP contribution >= 0.6 is 0 Å². The zero-order valence-corrected chi connectivity index (χ0v) is 12.1. The molecule has 1 aliphatic rings. The second kappa shape index (κ2) is 5.78. The molecule has 1 fully saturated rings. The topological polar surface area (TPSA) is 42.7 Å². The van der Waals surface area contributed by atoms with E-state index in [-0.39, 0.29) is 11.4 Å². The van der Waals surface area contributed by atoms with Gasteiger partial charge in [-0.1, -0.05) is 13.3 Å². The van der Waals surface area contributed by atoms with Crippen molar-refractivity contribution >= 4 is 5.91 Å². The third kappa shape index (κ3) is 2.68. The molecule has 4 heteroatoms. The monoisotopic (exact) mass is 265 g/mol. The second-order valence-electron chi connectivity index (χ2n) is 5.38. The smallest absolute Gasteiger partial charge is 0.290 e. The van der Waals surface area contributed by atoms with Gasteiger partial charge >= 0.3 is 0 Å². The molecular weight excluding hydrogens is 242 g/mol. The number of likely N-dealkylation sites (tertiary alicyclic amines) is 1. The van der Waals surface area contributed by atoms with Crippen LogP contribution in [-0.4, -0.2) is 36.6 Å². The maximum Gasteiger partial charge on any atom is 0.290 e. The van der Waals surface area contributed by atoms with Crippen molar-refractivity contribution in [1.82, 2.24) is 4.90 Å². The fourth-order valence-corrected chi connectivity index (χ4v) is 3.15. The number of hydrogen-bond donors (Lipinski definition) is 0. The summed E-state index contributed by atoms with van der Waals surface area (Å²) < 4.78 is 10.9. The largest absolute Gasteiger partial charge is 0.456 e. The van der Waals surface area contributed by atoms with Crippen LogP contribution in [-0.2, 0) is 4.74 Å². The number of ether oxygens (including phenoxy) is 1. The summed E-state index contributed by atoms with van der Waals surface area (Å²) in [4.78, 5) is 14.6. The summed E-state index contributed by atoms with van der Waals surface area (Å²) >= 11 is 0. The number of carbonyl (C=O) groups is 1. The van der Waals surface area contributed by atoms with Gasteiger partial charge < -0.3 is 14.1 Å². The SMILES string of the molecule is CCCC1(COC)CCCN1C(=O)c1ccc(C)o1. The lowest BCUT2D eigenvalue weighted by Gasteiger charge is -2.37. The van der Waals surface area contributed by atoms with E-state index >= 15 is 0 Å². The van der Waals surface area contributed by atoms with Gasteiger partial charge in [0.2, 0.25) is 0 Å². The molecule has 0 aromatic carbocycles. The highest BCUT2D eigenvalue weighted by Gasteiger charge is 2.43. The first-order chi connectivity index (χ1) is 9.13. The highest BCUT2D eigenvalue weighted by molar-refractivity contribution is 5.92. The van der Waals surface area contributed by atoms with Gasteiger partial charge in [-0.25, -0.2) is 0 Å².